The van der Waals surface area contributed by atoms with Crippen molar-refractivity contribution in [3.8, 4) is 5.75 Å². The van der Waals surface area contributed by atoms with Crippen LogP contribution in [0.4, 0.5) is 18.9 Å². The number of hydrogen-bond acceptors (Lipinski definition) is 4. The molecule has 0 saturated carbocycles. The van der Waals surface area contributed by atoms with Crippen LogP contribution in [0, 0.1) is 0 Å². The zero-order valence-corrected chi connectivity index (χ0v) is 14.8. The summed E-state index contributed by atoms with van der Waals surface area (Å²) in [7, 11) is 1.30. The molecule has 0 unspecified atom stereocenters. The first-order valence-corrected chi connectivity index (χ1v) is 8.24. The third-order valence-electron chi connectivity index (χ3n) is 4.05. The van der Waals surface area contributed by atoms with Crippen molar-refractivity contribution in [1.82, 2.24) is 9.55 Å². The second kappa shape index (κ2) is 7.71. The molecule has 1 heterocycles. The minimum absolute atomic E-state index is 0.0332. The monoisotopic (exact) mass is 391 g/mol. The lowest BCUT2D eigenvalue weighted by Gasteiger charge is -2.26. The molecule has 2 aromatic carbocycles. The number of amides is 1. The summed E-state index contributed by atoms with van der Waals surface area (Å²) in [6, 6.07) is 12.4. The van der Waals surface area contributed by atoms with Gasteiger partial charge in [0.25, 0.3) is 5.56 Å². The van der Waals surface area contributed by atoms with E-state index in [0.29, 0.717) is 10.4 Å². The first-order valence-electron chi connectivity index (χ1n) is 8.24. The van der Waals surface area contributed by atoms with Gasteiger partial charge < -0.3 is 4.74 Å². The zero-order chi connectivity index (χ0) is 20.3. The van der Waals surface area contributed by atoms with Crippen LogP contribution < -0.4 is 15.2 Å². The summed E-state index contributed by atoms with van der Waals surface area (Å²) in [6.45, 7) is -2.10. The van der Waals surface area contributed by atoms with Crippen molar-refractivity contribution in [3.63, 3.8) is 0 Å². The molecule has 0 radical (unpaired) electrons. The van der Waals surface area contributed by atoms with E-state index in [4.69, 9.17) is 4.74 Å². The Morgan fingerprint density at radius 2 is 1.82 bits per heavy atom. The standard InChI is InChI=1S/C19H16F3N3O3/c1-28-16-9-5-4-8-15(16)25(11-19(20,21)22)17(26)10-24-12-23-14-7-3-2-6-13(14)18(24)27/h2-9,12H,10-11H2,1H3. The Morgan fingerprint density at radius 3 is 2.54 bits per heavy atom. The highest BCUT2D eigenvalue weighted by Gasteiger charge is 2.35. The quantitative estimate of drug-likeness (QED) is 0.671. The molecule has 0 spiro atoms. The van der Waals surface area contributed by atoms with Crippen LogP contribution in [0.15, 0.2) is 59.7 Å². The van der Waals surface area contributed by atoms with Crippen LogP contribution in [0.3, 0.4) is 0 Å². The van der Waals surface area contributed by atoms with Crippen LogP contribution in [0.25, 0.3) is 10.9 Å². The number of alkyl halides is 3. The van der Waals surface area contributed by atoms with Gasteiger partial charge in [0.15, 0.2) is 0 Å². The number of nitrogens with zero attached hydrogens (tertiary/aromatic N) is 3. The molecule has 1 amide bonds. The Hall–Kier alpha value is -3.36. The smallest absolute Gasteiger partial charge is 0.406 e. The van der Waals surface area contributed by atoms with Crippen molar-refractivity contribution in [2.75, 3.05) is 18.6 Å². The van der Waals surface area contributed by atoms with Crippen molar-refractivity contribution < 1.29 is 22.7 Å². The first-order chi connectivity index (χ1) is 13.3. The van der Waals surface area contributed by atoms with Gasteiger partial charge in [0.2, 0.25) is 5.91 Å². The van der Waals surface area contributed by atoms with E-state index < -0.39 is 30.7 Å². The Kier molecular flexibility index (Phi) is 5.34. The average Bonchev–Trinajstić information content (AvgIpc) is 2.67. The van der Waals surface area contributed by atoms with Crippen LogP contribution in [0.2, 0.25) is 0 Å². The second-order valence-electron chi connectivity index (χ2n) is 5.96. The fourth-order valence-corrected chi connectivity index (χ4v) is 2.79. The molecule has 3 aromatic rings. The van der Waals surface area contributed by atoms with Gasteiger partial charge in [0.1, 0.15) is 18.8 Å². The predicted octanol–water partition coefficient (Wildman–Crippen LogP) is 3.00. The molecule has 0 aliphatic heterocycles. The summed E-state index contributed by atoms with van der Waals surface area (Å²) in [4.78, 5) is 29.9. The summed E-state index contributed by atoms with van der Waals surface area (Å²) in [5, 5.41) is 0.275. The highest BCUT2D eigenvalue weighted by Crippen LogP contribution is 2.30. The summed E-state index contributed by atoms with van der Waals surface area (Å²) in [5.41, 5.74) is -0.104. The summed E-state index contributed by atoms with van der Waals surface area (Å²) >= 11 is 0. The third kappa shape index (κ3) is 4.13. The van der Waals surface area contributed by atoms with Gasteiger partial charge in [-0.2, -0.15) is 13.2 Å². The number of halogens is 3. The maximum atomic E-state index is 13.1. The lowest BCUT2D eigenvalue weighted by molar-refractivity contribution is -0.132. The molecule has 1 aromatic heterocycles. The Labute approximate surface area is 157 Å². The zero-order valence-electron chi connectivity index (χ0n) is 14.8. The molecule has 0 bridgehead atoms. The molecule has 0 aliphatic carbocycles. The molecule has 0 fully saturated rings. The number of benzene rings is 2. The van der Waals surface area contributed by atoms with Crippen molar-refractivity contribution in [2.24, 2.45) is 0 Å². The summed E-state index contributed by atoms with van der Waals surface area (Å²) in [6.07, 6.45) is -3.49. The van der Waals surface area contributed by atoms with Crippen molar-refractivity contribution >= 4 is 22.5 Å². The maximum Gasteiger partial charge on any atom is 0.406 e. The van der Waals surface area contributed by atoms with Gasteiger partial charge in [-0.1, -0.05) is 24.3 Å². The van der Waals surface area contributed by atoms with E-state index in [1.165, 1.54) is 25.3 Å². The number of carbonyl (C=O) groups is 1. The van der Waals surface area contributed by atoms with E-state index in [-0.39, 0.29) is 16.8 Å². The first kappa shape index (κ1) is 19.4. The van der Waals surface area contributed by atoms with E-state index >= 15 is 0 Å². The number of aromatic nitrogens is 2. The number of para-hydroxylation sites is 3. The molecule has 0 saturated heterocycles. The van der Waals surface area contributed by atoms with Crippen LogP contribution in [-0.4, -0.2) is 35.3 Å². The third-order valence-corrected chi connectivity index (χ3v) is 4.05. The predicted molar refractivity (Wildman–Crippen MR) is 97.4 cm³/mol. The van der Waals surface area contributed by atoms with E-state index in [2.05, 4.69) is 4.98 Å². The van der Waals surface area contributed by atoms with Gasteiger partial charge in [-0.3, -0.25) is 19.1 Å². The van der Waals surface area contributed by atoms with Crippen LogP contribution in [0.5, 0.6) is 5.75 Å². The van der Waals surface area contributed by atoms with Crippen molar-refractivity contribution in [2.45, 2.75) is 12.7 Å². The molecular formula is C19H16F3N3O3. The van der Waals surface area contributed by atoms with Gasteiger partial charge in [-0.25, -0.2) is 4.98 Å². The minimum atomic E-state index is -4.64. The maximum absolute atomic E-state index is 13.1. The number of methoxy groups -OCH3 is 1. The lowest BCUT2D eigenvalue weighted by Crippen LogP contribution is -2.42. The van der Waals surface area contributed by atoms with Gasteiger partial charge in [0.05, 0.1) is 30.0 Å². The largest absolute Gasteiger partial charge is 0.495 e. The number of fused-ring (bicyclic) bond motifs is 1. The lowest BCUT2D eigenvalue weighted by atomic mass is 10.2. The van der Waals surface area contributed by atoms with Crippen molar-refractivity contribution in [3.05, 3.63) is 65.2 Å². The van der Waals surface area contributed by atoms with Gasteiger partial charge in [-0.05, 0) is 24.3 Å². The minimum Gasteiger partial charge on any atom is -0.495 e. The van der Waals surface area contributed by atoms with E-state index in [1.807, 2.05) is 0 Å². The van der Waals surface area contributed by atoms with Gasteiger partial charge in [0, 0.05) is 0 Å². The van der Waals surface area contributed by atoms with Crippen LogP contribution in [0.1, 0.15) is 0 Å². The molecule has 0 aliphatic rings. The highest BCUT2D eigenvalue weighted by molar-refractivity contribution is 5.95. The van der Waals surface area contributed by atoms with E-state index in [1.54, 1.807) is 30.3 Å². The Balaban J connectivity index is 1.98. The molecule has 0 atom stereocenters. The summed E-state index contributed by atoms with van der Waals surface area (Å²) < 4.78 is 45.4. The SMILES string of the molecule is COc1ccccc1N(CC(F)(F)F)C(=O)Cn1cnc2ccccc2c1=O. The molecule has 6 nitrogen and oxygen atoms in total. The normalized spacial score (nSPS) is 11.4. The Morgan fingerprint density at radius 1 is 1.14 bits per heavy atom. The van der Waals surface area contributed by atoms with Crippen LogP contribution >= 0.6 is 0 Å². The number of carbonyl (C=O) groups excluding carboxylic acids is 1. The fourth-order valence-electron chi connectivity index (χ4n) is 2.79. The number of rotatable bonds is 5. The second-order valence-corrected chi connectivity index (χ2v) is 5.96. The topological polar surface area (TPSA) is 64.4 Å². The molecular weight excluding hydrogens is 375 g/mol. The Bertz CT molecular complexity index is 1060. The molecule has 0 N–H and O–H groups in total. The fraction of sp³-hybridized carbons (Fsp3) is 0.211. The molecule has 9 heteroatoms. The number of ether oxygens (including phenoxy) is 1. The molecule has 3 rings (SSSR count). The number of hydrogen-bond donors (Lipinski definition) is 0. The van der Waals surface area contributed by atoms with Gasteiger partial charge >= 0.3 is 6.18 Å². The van der Waals surface area contributed by atoms with E-state index in [9.17, 15) is 22.8 Å². The molecule has 146 valence electrons. The van der Waals surface area contributed by atoms with Crippen LogP contribution in [-0.2, 0) is 11.3 Å². The number of anilines is 1. The molecule has 28 heavy (non-hydrogen) atoms. The van der Waals surface area contributed by atoms with Crippen molar-refractivity contribution in [1.29, 1.82) is 0 Å². The summed E-state index contributed by atoms with van der Waals surface area (Å²) in [5.74, 6) is -0.801. The van der Waals surface area contributed by atoms with Gasteiger partial charge in [-0.15, -0.1) is 0 Å². The van der Waals surface area contributed by atoms with E-state index in [0.717, 1.165) is 10.9 Å². The average molecular weight is 391 g/mol. The highest BCUT2D eigenvalue weighted by atomic mass is 19.4.